The zero-order chi connectivity index (χ0) is 59.6. The number of piperazine rings is 1. The highest BCUT2D eigenvalue weighted by molar-refractivity contribution is 7.13. The number of nitriles is 1. The number of aryl methyl sites for hydroxylation is 2. The largest absolute Gasteiger partial charge is 0.491 e. The number of amides is 3. The third kappa shape index (κ3) is 14.4. The van der Waals surface area contributed by atoms with Crippen LogP contribution in [0.2, 0.25) is 0 Å². The fraction of sp³-hybridized carbons (Fsp3) is 0.492. The van der Waals surface area contributed by atoms with E-state index >= 15 is 0 Å². The van der Waals surface area contributed by atoms with Crippen LogP contribution in [0.3, 0.4) is 0 Å². The van der Waals surface area contributed by atoms with Crippen LogP contribution >= 0.6 is 11.3 Å². The maximum Gasteiger partial charge on any atom is 0.318 e. The quantitative estimate of drug-likeness (QED) is 0.0452. The number of β-amino-alcohol motifs (C(OH)–C–C–N with tert-alkyl or cyclic N) is 1. The summed E-state index contributed by atoms with van der Waals surface area (Å²) in [5.74, 6) is 0.197. The van der Waals surface area contributed by atoms with Gasteiger partial charge in [0.2, 0.25) is 17.7 Å². The normalized spacial score (nSPS) is 20.2. The first kappa shape index (κ1) is 60.6. The van der Waals surface area contributed by atoms with Gasteiger partial charge in [0.15, 0.2) is 0 Å². The van der Waals surface area contributed by atoms with Crippen molar-refractivity contribution in [2.45, 2.75) is 103 Å². The molecule has 4 aliphatic heterocycles. The van der Waals surface area contributed by atoms with Crippen molar-refractivity contribution in [3.8, 4) is 28.3 Å². The summed E-state index contributed by atoms with van der Waals surface area (Å²) in [6.07, 6.45) is 2.27. The summed E-state index contributed by atoms with van der Waals surface area (Å²) >= 11 is 1.53. The van der Waals surface area contributed by atoms with Crippen molar-refractivity contribution in [3.05, 3.63) is 119 Å². The number of benzene rings is 3. The minimum Gasteiger partial charge on any atom is -0.491 e. The average molecular weight is 1180 g/mol. The van der Waals surface area contributed by atoms with Crippen molar-refractivity contribution in [3.63, 3.8) is 0 Å². The van der Waals surface area contributed by atoms with Gasteiger partial charge in [-0.15, -0.1) is 11.3 Å². The lowest BCUT2D eigenvalue weighted by Crippen LogP contribution is -2.55. The van der Waals surface area contributed by atoms with Crippen LogP contribution in [-0.4, -0.2) is 181 Å². The number of anilines is 2. The molecule has 6 atom stereocenters. The molecule has 0 spiro atoms. The van der Waals surface area contributed by atoms with Crippen molar-refractivity contribution >= 4 is 51.3 Å². The highest BCUT2D eigenvalue weighted by Gasteiger charge is 2.43. The van der Waals surface area contributed by atoms with Gasteiger partial charge in [-0.2, -0.15) is 15.2 Å². The lowest BCUT2D eigenvalue weighted by molar-refractivity contribution is -0.141. The predicted molar refractivity (Wildman–Crippen MR) is 321 cm³/mol. The monoisotopic (exact) mass is 1180 g/mol. The number of rotatable bonds is 25. The Balaban J connectivity index is 0.683. The number of fused-ring (bicyclic) bond motifs is 2. The summed E-state index contributed by atoms with van der Waals surface area (Å²) in [4.78, 5) is 66.2. The molecule has 0 saturated carbocycles. The Morgan fingerprint density at radius 3 is 2.47 bits per heavy atom. The number of aromatic nitrogens is 4. The Morgan fingerprint density at radius 2 is 1.71 bits per heavy atom. The maximum absolute atomic E-state index is 14.0. The second kappa shape index (κ2) is 28.1. The minimum atomic E-state index is -0.862. The van der Waals surface area contributed by atoms with Crippen molar-refractivity contribution in [1.29, 1.82) is 5.26 Å². The standard InChI is InChI=1S/C63H77N11O10S/c1-7-57(76)73-22-21-72(34-46(73)17-19-64)60-51-18-20-71(53-14-10-12-43-11-8-9-13-50(43)53)37-52(51)67-63(68-60)83-38-47-31-49(36-70(47)6)81-27-25-79-23-24-80-26-28-82-55-30-44(59-42(5)66-39-85-59)15-16-45(55)33-65-61(77)54-32-48(75)35-74(54)62(78)58(40(2)3)56-29-41(4)69-84-56/h7-16,29-30,39-40,46-49,54,58,75H,1,17-18,20-28,31-38H2,2-6H3,(H,65,77)/t46-,47-,48+,49+,54-,58?/m0/s1. The second-order valence-corrected chi connectivity index (χ2v) is 23.5. The van der Waals surface area contributed by atoms with Crippen LogP contribution < -0.4 is 24.6 Å². The lowest BCUT2D eigenvalue weighted by atomic mass is 9.91. The molecule has 0 aliphatic carbocycles. The summed E-state index contributed by atoms with van der Waals surface area (Å²) < 4.78 is 36.4. The lowest BCUT2D eigenvalue weighted by Gasteiger charge is -2.42. The molecule has 3 amide bonds. The van der Waals surface area contributed by atoms with E-state index in [4.69, 9.17) is 38.2 Å². The van der Waals surface area contributed by atoms with Gasteiger partial charge in [0.25, 0.3) is 0 Å². The molecule has 3 aromatic heterocycles. The zero-order valence-corrected chi connectivity index (χ0v) is 50.0. The Bertz CT molecular complexity index is 3340. The SMILES string of the molecule is C=CC(=O)N1CCN(c2nc(OC[C@@H]3C[C@@H](OCCOCCOCCOc4cc(-c5scnc5C)ccc4CNC(=O)[C@@H]4C[C@@H](O)CN4C(=O)C(c4cc(C)no4)C(C)C)CN3C)nc3c2CCN(c2cccc4ccccc24)C3)C[C@@H]1CC#N. The van der Waals surface area contributed by atoms with Crippen LogP contribution in [0.5, 0.6) is 11.8 Å². The van der Waals surface area contributed by atoms with Crippen LogP contribution in [-0.2, 0) is 48.1 Å². The first-order chi connectivity index (χ1) is 41.3. The first-order valence-electron chi connectivity index (χ1n) is 29.4. The van der Waals surface area contributed by atoms with Crippen molar-refractivity contribution in [1.82, 2.24) is 40.1 Å². The number of thiazole rings is 1. The highest BCUT2D eigenvalue weighted by atomic mass is 32.1. The fourth-order valence-corrected chi connectivity index (χ4v) is 12.9. The second-order valence-electron chi connectivity index (χ2n) is 22.6. The summed E-state index contributed by atoms with van der Waals surface area (Å²) in [6, 6.07) is 23.9. The summed E-state index contributed by atoms with van der Waals surface area (Å²) in [5, 5.41) is 29.8. The number of ether oxygens (including phenoxy) is 5. The van der Waals surface area contributed by atoms with Crippen LogP contribution in [0.1, 0.15) is 73.0 Å². The van der Waals surface area contributed by atoms with Crippen molar-refractivity contribution < 1.29 is 47.7 Å². The van der Waals surface area contributed by atoms with Gasteiger partial charge in [-0.25, -0.2) is 4.98 Å². The molecule has 450 valence electrons. The topological polar surface area (TPSA) is 234 Å². The van der Waals surface area contributed by atoms with Crippen LogP contribution in [0.4, 0.5) is 11.5 Å². The van der Waals surface area contributed by atoms with E-state index in [1.807, 2.05) is 39.0 Å². The molecule has 0 radical (unpaired) electrons. The number of hydrogen-bond acceptors (Lipinski definition) is 19. The number of hydrogen-bond donors (Lipinski definition) is 2. The van der Waals surface area contributed by atoms with Gasteiger partial charge in [0, 0.05) is 86.5 Å². The fourth-order valence-electron chi connectivity index (χ4n) is 12.1. The summed E-state index contributed by atoms with van der Waals surface area (Å²) in [7, 11) is 2.07. The Hall–Kier alpha value is -7.52. The number of likely N-dealkylation sites (N-methyl/N-ethyl adjacent to an activating group) is 1. The molecule has 21 nitrogen and oxygen atoms in total. The van der Waals surface area contributed by atoms with E-state index in [0.29, 0.717) is 89.0 Å². The predicted octanol–water partition coefficient (Wildman–Crippen LogP) is 6.64. The molecule has 3 saturated heterocycles. The Kier molecular flexibility index (Phi) is 20.0. The summed E-state index contributed by atoms with van der Waals surface area (Å²) in [6.45, 7) is 17.5. The van der Waals surface area contributed by atoms with Crippen molar-refractivity contribution in [2.75, 3.05) is 102 Å². The third-order valence-electron chi connectivity index (χ3n) is 16.5. The van der Waals surface area contributed by atoms with Gasteiger partial charge in [0.1, 0.15) is 42.5 Å². The van der Waals surface area contributed by atoms with E-state index in [9.17, 15) is 24.8 Å². The minimum absolute atomic E-state index is 0.0135. The molecule has 10 rings (SSSR count). The van der Waals surface area contributed by atoms with Gasteiger partial charge in [-0.1, -0.05) is 74.1 Å². The molecule has 4 aliphatic rings. The number of aliphatic hydroxyl groups is 1. The number of nitrogens with zero attached hydrogens (tertiary/aromatic N) is 10. The molecular formula is C63H77N11O10S. The first-order valence-corrected chi connectivity index (χ1v) is 30.3. The number of carbonyl (C=O) groups excluding carboxylic acids is 3. The number of aliphatic hydroxyl groups excluding tert-OH is 1. The molecule has 0 bridgehead atoms. The average Bonchev–Trinajstić information content (AvgIpc) is 3.15. The van der Waals surface area contributed by atoms with Crippen molar-refractivity contribution in [2.24, 2.45) is 5.92 Å². The van der Waals surface area contributed by atoms with Gasteiger partial charge in [-0.05, 0) is 68.8 Å². The number of likely N-dealkylation sites (tertiary alicyclic amines) is 2. The van der Waals surface area contributed by atoms with Crippen LogP contribution in [0.25, 0.3) is 21.2 Å². The molecule has 3 fully saturated rings. The van der Waals surface area contributed by atoms with Gasteiger partial charge in [-0.3, -0.25) is 19.3 Å². The third-order valence-corrected chi connectivity index (χ3v) is 17.4. The van der Waals surface area contributed by atoms with Crippen LogP contribution in [0, 0.1) is 31.1 Å². The molecular weight excluding hydrogens is 1100 g/mol. The molecule has 6 aromatic rings. The van der Waals surface area contributed by atoms with E-state index in [0.717, 1.165) is 70.4 Å². The molecule has 7 heterocycles. The summed E-state index contributed by atoms with van der Waals surface area (Å²) in [5.41, 5.74) is 8.16. The van der Waals surface area contributed by atoms with E-state index in [1.54, 1.807) is 23.4 Å². The van der Waals surface area contributed by atoms with Gasteiger partial charge < -0.3 is 58.2 Å². The molecule has 85 heavy (non-hydrogen) atoms. The van der Waals surface area contributed by atoms with E-state index < -0.39 is 18.1 Å². The Morgan fingerprint density at radius 1 is 0.906 bits per heavy atom. The van der Waals surface area contributed by atoms with Gasteiger partial charge in [0.05, 0.1) is 97.8 Å². The maximum atomic E-state index is 14.0. The van der Waals surface area contributed by atoms with E-state index in [1.165, 1.54) is 33.1 Å². The highest BCUT2D eigenvalue weighted by Crippen LogP contribution is 2.37. The van der Waals surface area contributed by atoms with E-state index in [2.05, 4.69) is 92.3 Å². The molecule has 2 N–H and O–H groups in total. The Labute approximate surface area is 500 Å². The van der Waals surface area contributed by atoms with E-state index in [-0.39, 0.29) is 74.4 Å². The zero-order valence-electron chi connectivity index (χ0n) is 49.2. The van der Waals surface area contributed by atoms with Crippen LogP contribution in [0.15, 0.2) is 89.4 Å². The number of nitrogens with one attached hydrogen (secondary N) is 1. The number of carbonyl (C=O) groups is 3. The van der Waals surface area contributed by atoms with Gasteiger partial charge >= 0.3 is 6.01 Å². The molecule has 3 aromatic carbocycles. The smallest absolute Gasteiger partial charge is 0.318 e. The molecule has 1 unspecified atom stereocenters. The molecule has 22 heteroatoms.